The zero-order valence-corrected chi connectivity index (χ0v) is 20.5. The van der Waals surface area contributed by atoms with Crippen molar-refractivity contribution in [2.45, 2.75) is 9.50 Å². The fourth-order valence-corrected chi connectivity index (χ4v) is 5.82. The number of carbonyl (C=O) groups excluding carboxylic acids is 2. The number of nitrogens with zero attached hydrogens (tertiary/aromatic N) is 2. The topological polar surface area (TPSA) is 99.8 Å². The lowest BCUT2D eigenvalue weighted by Gasteiger charge is -2.04. The summed E-state index contributed by atoms with van der Waals surface area (Å²) in [5, 5.41) is 6.34. The second kappa shape index (κ2) is 10.5. The van der Waals surface area contributed by atoms with Gasteiger partial charge in [-0.15, -0.1) is 11.3 Å². The molecule has 3 N–H and O–H groups in total. The Kier molecular flexibility index (Phi) is 6.98. The molecule has 2 heterocycles. The quantitative estimate of drug-likeness (QED) is 0.223. The second-order valence-electron chi connectivity index (χ2n) is 7.40. The van der Waals surface area contributed by atoms with Gasteiger partial charge in [-0.2, -0.15) is 0 Å². The molecule has 2 amide bonds. The lowest BCUT2D eigenvalue weighted by atomic mass is 10.3. The molecule has 5 rings (SSSR count). The summed E-state index contributed by atoms with van der Waals surface area (Å²) in [6.45, 7) is 0. The van der Waals surface area contributed by atoms with E-state index in [1.807, 2.05) is 42.5 Å². The first kappa shape index (κ1) is 23.3. The molecule has 0 fully saturated rings. The van der Waals surface area contributed by atoms with Crippen LogP contribution in [0.1, 0.15) is 0 Å². The number of benzene rings is 3. The third-order valence-corrected chi connectivity index (χ3v) is 7.85. The molecule has 0 unspecified atom stereocenters. The molecule has 176 valence electrons. The fraction of sp³-hybridized carbons (Fsp3) is 0.0833. The van der Waals surface area contributed by atoms with Crippen LogP contribution in [0, 0.1) is 5.82 Å². The van der Waals surface area contributed by atoms with Gasteiger partial charge in [-0.1, -0.05) is 35.7 Å². The van der Waals surface area contributed by atoms with E-state index >= 15 is 0 Å². The molecule has 0 saturated carbocycles. The minimum atomic E-state index is -0.354. The number of aromatic nitrogens is 3. The Hall–Kier alpha value is -3.41. The van der Waals surface area contributed by atoms with E-state index in [-0.39, 0.29) is 29.1 Å². The zero-order valence-electron chi connectivity index (χ0n) is 18.1. The first-order valence-electron chi connectivity index (χ1n) is 10.5. The number of thioether (sulfide) groups is 2. The molecule has 0 bridgehead atoms. The number of H-pyrrole nitrogens is 1. The summed E-state index contributed by atoms with van der Waals surface area (Å²) in [5.74, 6) is -0.278. The smallest absolute Gasteiger partial charge is 0.234 e. The van der Waals surface area contributed by atoms with Gasteiger partial charge in [0, 0.05) is 11.4 Å². The van der Waals surface area contributed by atoms with Crippen molar-refractivity contribution in [2.24, 2.45) is 0 Å². The first-order chi connectivity index (χ1) is 17.0. The highest BCUT2D eigenvalue weighted by atomic mass is 32.2. The third-order valence-electron chi connectivity index (χ3n) is 4.81. The molecular weight excluding hydrogens is 505 g/mol. The molecule has 3 aromatic carbocycles. The van der Waals surface area contributed by atoms with Crippen LogP contribution in [-0.4, -0.2) is 38.3 Å². The van der Waals surface area contributed by atoms with Gasteiger partial charge in [-0.25, -0.2) is 14.4 Å². The number of fused-ring (bicyclic) bond motifs is 2. The Morgan fingerprint density at radius 1 is 0.857 bits per heavy atom. The molecule has 0 aliphatic heterocycles. The number of thiazole rings is 1. The summed E-state index contributed by atoms with van der Waals surface area (Å²) in [5.41, 5.74) is 3.83. The van der Waals surface area contributed by atoms with Crippen LogP contribution in [0.4, 0.5) is 15.8 Å². The van der Waals surface area contributed by atoms with Crippen LogP contribution in [0.3, 0.4) is 0 Å². The fourth-order valence-electron chi connectivity index (χ4n) is 3.23. The van der Waals surface area contributed by atoms with Crippen LogP contribution in [0.25, 0.3) is 21.3 Å². The Morgan fingerprint density at radius 2 is 1.57 bits per heavy atom. The average Bonchev–Trinajstić information content (AvgIpc) is 3.46. The molecular formula is C24H18FN5O2S3. The van der Waals surface area contributed by atoms with Crippen LogP contribution >= 0.6 is 34.9 Å². The van der Waals surface area contributed by atoms with E-state index in [0.717, 1.165) is 25.6 Å². The van der Waals surface area contributed by atoms with E-state index in [4.69, 9.17) is 0 Å². The van der Waals surface area contributed by atoms with Gasteiger partial charge in [0.25, 0.3) is 0 Å². The SMILES string of the molecule is O=C(CSc1nc2ccccc2[nH]1)Nc1ccc2nc(SCC(=O)Nc3ccc(F)cc3)sc2c1. The van der Waals surface area contributed by atoms with Crippen LogP contribution in [0.2, 0.25) is 0 Å². The van der Waals surface area contributed by atoms with E-state index < -0.39 is 0 Å². The van der Waals surface area contributed by atoms with E-state index in [1.165, 1.54) is 59.1 Å². The molecule has 0 saturated heterocycles. The normalized spacial score (nSPS) is 11.1. The van der Waals surface area contributed by atoms with Gasteiger partial charge in [0.15, 0.2) is 9.50 Å². The van der Waals surface area contributed by atoms with E-state index in [0.29, 0.717) is 16.5 Å². The van der Waals surface area contributed by atoms with Crippen molar-refractivity contribution in [3.05, 3.63) is 72.5 Å². The third kappa shape index (κ3) is 5.99. The standard InChI is InChI=1S/C24H18FN5O2S3/c25-14-5-7-15(8-6-14)26-22(32)13-34-24-30-19-10-9-16(11-20(19)35-24)27-21(31)12-33-23-28-17-3-1-2-4-18(17)29-23/h1-11H,12-13H2,(H,26,32)(H,27,31)(H,28,29). The molecule has 5 aromatic rings. The first-order valence-corrected chi connectivity index (χ1v) is 13.3. The highest BCUT2D eigenvalue weighted by molar-refractivity contribution is 8.01. The number of halogens is 1. The van der Waals surface area contributed by atoms with Crippen molar-refractivity contribution in [1.29, 1.82) is 0 Å². The Balaban J connectivity index is 1.14. The van der Waals surface area contributed by atoms with E-state index in [9.17, 15) is 14.0 Å². The van der Waals surface area contributed by atoms with Crippen LogP contribution in [0.5, 0.6) is 0 Å². The summed E-state index contributed by atoms with van der Waals surface area (Å²) in [4.78, 5) is 36.8. The maximum atomic E-state index is 13.0. The number of anilines is 2. The number of rotatable bonds is 8. The summed E-state index contributed by atoms with van der Waals surface area (Å²) < 4.78 is 14.6. The number of amides is 2. The van der Waals surface area contributed by atoms with Gasteiger partial charge < -0.3 is 15.6 Å². The molecule has 0 spiro atoms. The van der Waals surface area contributed by atoms with Crippen molar-refractivity contribution >= 4 is 79.3 Å². The average molecular weight is 524 g/mol. The lowest BCUT2D eigenvalue weighted by Crippen LogP contribution is -2.13. The highest BCUT2D eigenvalue weighted by Gasteiger charge is 2.11. The Bertz CT molecular complexity index is 1480. The summed E-state index contributed by atoms with van der Waals surface area (Å²) in [6, 6.07) is 18.9. The van der Waals surface area contributed by atoms with Gasteiger partial charge in [-0.3, -0.25) is 9.59 Å². The molecule has 0 aliphatic carbocycles. The van der Waals surface area contributed by atoms with Crippen molar-refractivity contribution in [3.63, 3.8) is 0 Å². The van der Waals surface area contributed by atoms with Gasteiger partial charge in [-0.05, 0) is 54.6 Å². The number of hydrogen-bond acceptors (Lipinski definition) is 7. The Labute approximate surface area is 211 Å². The number of imidazole rings is 1. The minimum absolute atomic E-state index is 0.133. The van der Waals surface area contributed by atoms with Crippen molar-refractivity contribution in [3.8, 4) is 0 Å². The summed E-state index contributed by atoms with van der Waals surface area (Å²) in [6.07, 6.45) is 0. The maximum Gasteiger partial charge on any atom is 0.234 e. The number of aromatic amines is 1. The lowest BCUT2D eigenvalue weighted by molar-refractivity contribution is -0.114. The van der Waals surface area contributed by atoms with Gasteiger partial charge in [0.05, 0.1) is 32.8 Å². The number of carbonyl (C=O) groups is 2. The Morgan fingerprint density at radius 3 is 2.37 bits per heavy atom. The van der Waals surface area contributed by atoms with Gasteiger partial charge in [0.2, 0.25) is 11.8 Å². The predicted octanol–water partition coefficient (Wildman–Crippen LogP) is 5.77. The van der Waals surface area contributed by atoms with Gasteiger partial charge in [0.1, 0.15) is 5.82 Å². The predicted molar refractivity (Wildman–Crippen MR) is 141 cm³/mol. The van der Waals surface area contributed by atoms with Crippen molar-refractivity contribution in [1.82, 2.24) is 15.0 Å². The summed E-state index contributed by atoms with van der Waals surface area (Å²) >= 11 is 4.12. The minimum Gasteiger partial charge on any atom is -0.333 e. The van der Waals surface area contributed by atoms with Crippen molar-refractivity contribution in [2.75, 3.05) is 22.1 Å². The molecule has 2 aromatic heterocycles. The number of para-hydroxylation sites is 2. The van der Waals surface area contributed by atoms with Crippen molar-refractivity contribution < 1.29 is 14.0 Å². The largest absolute Gasteiger partial charge is 0.333 e. The van der Waals surface area contributed by atoms with Crippen LogP contribution in [-0.2, 0) is 9.59 Å². The molecule has 0 aliphatic rings. The monoisotopic (exact) mass is 523 g/mol. The molecule has 0 radical (unpaired) electrons. The number of nitrogens with one attached hydrogen (secondary N) is 3. The molecule has 35 heavy (non-hydrogen) atoms. The molecule has 0 atom stereocenters. The van der Waals surface area contributed by atoms with Gasteiger partial charge >= 0.3 is 0 Å². The second-order valence-corrected chi connectivity index (χ2v) is 10.6. The van der Waals surface area contributed by atoms with E-state index in [2.05, 4.69) is 25.6 Å². The van der Waals surface area contributed by atoms with E-state index in [1.54, 1.807) is 0 Å². The summed E-state index contributed by atoms with van der Waals surface area (Å²) in [7, 11) is 0. The molecule has 11 heteroatoms. The van der Waals surface area contributed by atoms with Crippen LogP contribution < -0.4 is 10.6 Å². The highest BCUT2D eigenvalue weighted by Crippen LogP contribution is 2.31. The number of hydrogen-bond donors (Lipinski definition) is 3. The zero-order chi connectivity index (χ0) is 24.2. The molecule has 7 nitrogen and oxygen atoms in total. The maximum absolute atomic E-state index is 13.0. The van der Waals surface area contributed by atoms with Crippen LogP contribution in [0.15, 0.2) is 76.2 Å².